The fraction of sp³-hybridized carbons (Fsp3) is 0.538. The van der Waals surface area contributed by atoms with Crippen molar-refractivity contribution < 1.29 is 5.11 Å². The summed E-state index contributed by atoms with van der Waals surface area (Å²) in [6, 6.07) is 8.35. The summed E-state index contributed by atoms with van der Waals surface area (Å²) in [7, 11) is 0. The van der Waals surface area contributed by atoms with Gasteiger partial charge < -0.3 is 10.4 Å². The van der Waals surface area contributed by atoms with Crippen LogP contribution >= 0.6 is 11.6 Å². The number of rotatable bonds is 3. The zero-order chi connectivity index (χ0) is 11.4. The molecule has 2 rings (SSSR count). The van der Waals surface area contributed by atoms with Crippen LogP contribution in [0.4, 0.5) is 0 Å². The lowest BCUT2D eigenvalue weighted by Crippen LogP contribution is -2.35. The predicted octanol–water partition coefficient (Wildman–Crippen LogP) is 2.73. The van der Waals surface area contributed by atoms with E-state index in [2.05, 4.69) is 11.4 Å². The second-order valence-electron chi connectivity index (χ2n) is 4.53. The van der Waals surface area contributed by atoms with E-state index in [-0.39, 0.29) is 6.10 Å². The number of hydrogen-bond donors (Lipinski definition) is 2. The molecule has 0 radical (unpaired) electrons. The van der Waals surface area contributed by atoms with Gasteiger partial charge in [-0.15, -0.1) is 0 Å². The Morgan fingerprint density at radius 3 is 3.00 bits per heavy atom. The fourth-order valence-corrected chi connectivity index (χ4v) is 2.47. The van der Waals surface area contributed by atoms with E-state index in [1.165, 1.54) is 5.56 Å². The monoisotopic (exact) mass is 239 g/mol. The van der Waals surface area contributed by atoms with Gasteiger partial charge in [-0.3, -0.25) is 0 Å². The highest BCUT2D eigenvalue weighted by Crippen LogP contribution is 2.19. The van der Waals surface area contributed by atoms with Gasteiger partial charge in [-0.05, 0) is 43.4 Å². The quantitative estimate of drug-likeness (QED) is 0.850. The Hall–Kier alpha value is -0.570. The highest BCUT2D eigenvalue weighted by molar-refractivity contribution is 6.30. The van der Waals surface area contributed by atoms with Crippen molar-refractivity contribution in [3.8, 4) is 0 Å². The molecule has 2 nitrogen and oxygen atoms in total. The van der Waals surface area contributed by atoms with Crippen molar-refractivity contribution in [2.75, 3.05) is 0 Å². The van der Waals surface area contributed by atoms with Crippen molar-refractivity contribution in [3.05, 3.63) is 34.9 Å². The van der Waals surface area contributed by atoms with E-state index in [1.54, 1.807) is 0 Å². The Labute approximate surface area is 102 Å². The van der Waals surface area contributed by atoms with Gasteiger partial charge >= 0.3 is 0 Å². The van der Waals surface area contributed by atoms with Crippen LogP contribution in [0.25, 0.3) is 0 Å². The smallest absolute Gasteiger partial charge is 0.0555 e. The molecule has 1 aromatic carbocycles. The molecule has 1 aromatic rings. The van der Waals surface area contributed by atoms with Gasteiger partial charge in [-0.2, -0.15) is 0 Å². The zero-order valence-corrected chi connectivity index (χ0v) is 10.1. The fourth-order valence-electron chi connectivity index (χ4n) is 2.26. The van der Waals surface area contributed by atoms with Crippen LogP contribution < -0.4 is 5.32 Å². The van der Waals surface area contributed by atoms with E-state index >= 15 is 0 Å². The van der Waals surface area contributed by atoms with E-state index in [4.69, 9.17) is 11.6 Å². The molecule has 0 bridgehead atoms. The molecule has 3 heteroatoms. The van der Waals surface area contributed by atoms with Gasteiger partial charge in [-0.25, -0.2) is 0 Å². The highest BCUT2D eigenvalue weighted by Gasteiger charge is 2.19. The zero-order valence-electron chi connectivity index (χ0n) is 9.32. The van der Waals surface area contributed by atoms with Gasteiger partial charge in [0.1, 0.15) is 0 Å². The van der Waals surface area contributed by atoms with Crippen LogP contribution in [-0.4, -0.2) is 17.3 Å². The minimum absolute atomic E-state index is 0.120. The number of aliphatic hydroxyl groups excluding tert-OH is 1. The Balaban J connectivity index is 1.82. The second-order valence-corrected chi connectivity index (χ2v) is 4.96. The molecule has 88 valence electrons. The van der Waals surface area contributed by atoms with Gasteiger partial charge in [0, 0.05) is 17.6 Å². The summed E-state index contributed by atoms with van der Waals surface area (Å²) in [5.74, 6) is 0. The number of halogens is 1. The molecule has 0 heterocycles. The summed E-state index contributed by atoms with van der Waals surface area (Å²) in [6.45, 7) is 0.831. The third-order valence-corrected chi connectivity index (χ3v) is 3.37. The Bertz CT molecular complexity index is 342. The first-order valence-corrected chi connectivity index (χ1v) is 6.28. The topological polar surface area (TPSA) is 32.3 Å². The molecular formula is C13H18ClNO. The summed E-state index contributed by atoms with van der Waals surface area (Å²) >= 11 is 5.92. The molecule has 2 unspecified atom stereocenters. The average Bonchev–Trinajstić information content (AvgIpc) is 2.27. The molecule has 2 atom stereocenters. The number of nitrogens with one attached hydrogen (secondary N) is 1. The van der Waals surface area contributed by atoms with Crippen LogP contribution in [-0.2, 0) is 6.54 Å². The average molecular weight is 240 g/mol. The summed E-state index contributed by atoms with van der Waals surface area (Å²) in [6.07, 6.45) is 3.99. The molecular weight excluding hydrogens is 222 g/mol. The minimum atomic E-state index is -0.120. The molecule has 1 saturated carbocycles. The summed E-state index contributed by atoms with van der Waals surface area (Å²) in [5, 5.41) is 13.8. The molecule has 0 spiro atoms. The summed E-state index contributed by atoms with van der Waals surface area (Å²) < 4.78 is 0. The second kappa shape index (κ2) is 5.67. The molecule has 0 saturated heterocycles. The molecule has 2 N–H and O–H groups in total. The van der Waals surface area contributed by atoms with Gasteiger partial charge in [0.25, 0.3) is 0 Å². The molecule has 0 aromatic heterocycles. The lowest BCUT2D eigenvalue weighted by Gasteiger charge is -2.26. The van der Waals surface area contributed by atoms with Crippen molar-refractivity contribution in [1.82, 2.24) is 5.32 Å². The Kier molecular flexibility index (Phi) is 4.22. The van der Waals surface area contributed by atoms with Crippen LogP contribution in [0, 0.1) is 0 Å². The first kappa shape index (κ1) is 11.9. The van der Waals surface area contributed by atoms with Gasteiger partial charge in [-0.1, -0.05) is 23.7 Å². The van der Waals surface area contributed by atoms with Crippen molar-refractivity contribution in [1.29, 1.82) is 0 Å². The van der Waals surface area contributed by atoms with Crippen molar-refractivity contribution in [3.63, 3.8) is 0 Å². The highest BCUT2D eigenvalue weighted by atomic mass is 35.5. The number of aliphatic hydroxyl groups is 1. The maximum atomic E-state index is 9.56. The lowest BCUT2D eigenvalue weighted by atomic mass is 9.93. The standard InChI is InChI=1S/C13H18ClNO/c14-11-4-1-3-10(7-11)9-15-12-5-2-6-13(16)8-12/h1,3-4,7,12-13,15-16H,2,5-6,8-9H2. The minimum Gasteiger partial charge on any atom is -0.393 e. The number of benzene rings is 1. The van der Waals surface area contributed by atoms with E-state index in [0.29, 0.717) is 6.04 Å². The van der Waals surface area contributed by atoms with E-state index in [9.17, 15) is 5.11 Å². The summed E-state index contributed by atoms with van der Waals surface area (Å²) in [4.78, 5) is 0. The Morgan fingerprint density at radius 2 is 2.25 bits per heavy atom. The first-order valence-electron chi connectivity index (χ1n) is 5.90. The van der Waals surface area contributed by atoms with E-state index in [0.717, 1.165) is 37.3 Å². The van der Waals surface area contributed by atoms with Crippen LogP contribution in [0.5, 0.6) is 0 Å². The van der Waals surface area contributed by atoms with Crippen LogP contribution in [0.1, 0.15) is 31.2 Å². The van der Waals surface area contributed by atoms with Gasteiger partial charge in [0.15, 0.2) is 0 Å². The molecule has 0 aliphatic heterocycles. The van der Waals surface area contributed by atoms with E-state index < -0.39 is 0 Å². The van der Waals surface area contributed by atoms with Gasteiger partial charge in [0.05, 0.1) is 6.10 Å². The third kappa shape index (κ3) is 3.48. The SMILES string of the molecule is OC1CCCC(NCc2cccc(Cl)c2)C1. The van der Waals surface area contributed by atoms with Crippen molar-refractivity contribution in [2.45, 2.75) is 44.4 Å². The molecule has 0 amide bonds. The molecule has 1 aliphatic rings. The first-order chi connectivity index (χ1) is 7.74. The van der Waals surface area contributed by atoms with Crippen LogP contribution in [0.2, 0.25) is 5.02 Å². The van der Waals surface area contributed by atoms with Crippen molar-refractivity contribution >= 4 is 11.6 Å². The maximum Gasteiger partial charge on any atom is 0.0555 e. The van der Waals surface area contributed by atoms with Crippen LogP contribution in [0.15, 0.2) is 24.3 Å². The van der Waals surface area contributed by atoms with Crippen LogP contribution in [0.3, 0.4) is 0 Å². The summed E-state index contributed by atoms with van der Waals surface area (Å²) in [5.41, 5.74) is 1.20. The molecule has 1 fully saturated rings. The largest absolute Gasteiger partial charge is 0.393 e. The lowest BCUT2D eigenvalue weighted by molar-refractivity contribution is 0.111. The van der Waals surface area contributed by atoms with Gasteiger partial charge in [0.2, 0.25) is 0 Å². The number of hydrogen-bond acceptors (Lipinski definition) is 2. The van der Waals surface area contributed by atoms with Crippen molar-refractivity contribution in [2.24, 2.45) is 0 Å². The van der Waals surface area contributed by atoms with E-state index in [1.807, 2.05) is 18.2 Å². The normalized spacial score (nSPS) is 25.6. The Morgan fingerprint density at radius 1 is 1.38 bits per heavy atom. The predicted molar refractivity (Wildman–Crippen MR) is 66.6 cm³/mol. The molecule has 16 heavy (non-hydrogen) atoms. The third-order valence-electron chi connectivity index (χ3n) is 3.13. The molecule has 1 aliphatic carbocycles. The maximum absolute atomic E-state index is 9.56.